The van der Waals surface area contributed by atoms with Crippen molar-refractivity contribution in [2.24, 2.45) is 0 Å². The Labute approximate surface area is 78.1 Å². The number of hydrogen-bond acceptors (Lipinski definition) is 6. The minimum atomic E-state index is -0.603. The molecule has 1 rings (SSSR count). The van der Waals surface area contributed by atoms with Crippen LogP contribution in [-0.2, 0) is 16.0 Å². The van der Waals surface area contributed by atoms with Crippen molar-refractivity contribution in [2.45, 2.75) is 6.42 Å². The summed E-state index contributed by atoms with van der Waals surface area (Å²) in [7, 11) is 1.25. The van der Waals surface area contributed by atoms with Crippen molar-refractivity contribution in [3.8, 4) is 0 Å². The van der Waals surface area contributed by atoms with Crippen molar-refractivity contribution in [1.29, 1.82) is 0 Å². The molecule has 0 atom stereocenters. The Morgan fingerprint density at radius 1 is 1.77 bits per heavy atom. The van der Waals surface area contributed by atoms with Gasteiger partial charge in [0.1, 0.15) is 6.29 Å². The third-order valence-electron chi connectivity index (χ3n) is 1.13. The fraction of sp³-hybridized carbons (Fsp3) is 0.333. The molecule has 0 saturated carbocycles. The van der Waals surface area contributed by atoms with Crippen LogP contribution in [0, 0.1) is 0 Å². The molecule has 70 valence electrons. The zero-order valence-electron chi connectivity index (χ0n) is 6.81. The van der Waals surface area contributed by atoms with Crippen LogP contribution < -0.4 is 5.32 Å². The molecule has 0 aromatic carbocycles. The fourth-order valence-electron chi connectivity index (χ4n) is 0.601. The topological polar surface area (TPSA) is 81.2 Å². The lowest BCUT2D eigenvalue weighted by Crippen LogP contribution is -2.10. The molecule has 6 nitrogen and oxygen atoms in total. The van der Waals surface area contributed by atoms with Crippen LogP contribution in [0.25, 0.3) is 0 Å². The predicted molar refractivity (Wildman–Crippen MR) is 45.7 cm³/mol. The number of anilines is 1. The van der Waals surface area contributed by atoms with E-state index >= 15 is 0 Å². The predicted octanol–water partition coefficient (Wildman–Crippen LogP) is 0.458. The van der Waals surface area contributed by atoms with E-state index in [1.54, 1.807) is 0 Å². The fourth-order valence-corrected chi connectivity index (χ4v) is 1.18. The molecular weight excluding hydrogens is 194 g/mol. The highest BCUT2D eigenvalue weighted by molar-refractivity contribution is 7.09. The van der Waals surface area contributed by atoms with E-state index in [4.69, 9.17) is 0 Å². The molecule has 0 unspecified atom stereocenters. The highest BCUT2D eigenvalue weighted by atomic mass is 32.1. The van der Waals surface area contributed by atoms with Gasteiger partial charge in [0.2, 0.25) is 5.13 Å². The Bertz CT molecular complexity index is 312. The molecule has 13 heavy (non-hydrogen) atoms. The molecule has 7 heteroatoms. The Balaban J connectivity index is 2.58. The highest BCUT2D eigenvalue weighted by Crippen LogP contribution is 2.10. The van der Waals surface area contributed by atoms with Crippen molar-refractivity contribution in [3.05, 3.63) is 5.82 Å². The maximum atomic E-state index is 10.7. The van der Waals surface area contributed by atoms with Crippen LogP contribution in [0.5, 0.6) is 0 Å². The molecule has 0 aliphatic heterocycles. The second-order valence-electron chi connectivity index (χ2n) is 2.00. The van der Waals surface area contributed by atoms with Gasteiger partial charge in [-0.1, -0.05) is 0 Å². The number of rotatable bonds is 3. The summed E-state index contributed by atoms with van der Waals surface area (Å²) >= 11 is 1.00. The van der Waals surface area contributed by atoms with Gasteiger partial charge in [0.05, 0.1) is 13.5 Å². The summed E-state index contributed by atoms with van der Waals surface area (Å²) in [6, 6.07) is 0. The van der Waals surface area contributed by atoms with Gasteiger partial charge in [0.15, 0.2) is 5.82 Å². The molecule has 0 bridgehead atoms. The van der Waals surface area contributed by atoms with Crippen LogP contribution in [0.4, 0.5) is 9.93 Å². The summed E-state index contributed by atoms with van der Waals surface area (Å²) in [4.78, 5) is 24.6. The zero-order valence-corrected chi connectivity index (χ0v) is 7.63. The van der Waals surface area contributed by atoms with Crippen LogP contribution in [0.3, 0.4) is 0 Å². The number of methoxy groups -OCH3 is 1. The van der Waals surface area contributed by atoms with Crippen LogP contribution in [0.15, 0.2) is 0 Å². The Kier molecular flexibility index (Phi) is 3.32. The lowest BCUT2D eigenvalue weighted by Gasteiger charge is -1.95. The molecule has 0 spiro atoms. The van der Waals surface area contributed by atoms with Gasteiger partial charge in [-0.05, 0) is 0 Å². The third kappa shape index (κ3) is 2.79. The maximum Gasteiger partial charge on any atom is 0.413 e. The number of carbonyl (C=O) groups excluding carboxylic acids is 2. The molecule has 1 aromatic heterocycles. The Morgan fingerprint density at radius 3 is 3.15 bits per heavy atom. The lowest BCUT2D eigenvalue weighted by atomic mass is 10.5. The molecule has 0 saturated heterocycles. The van der Waals surface area contributed by atoms with Gasteiger partial charge in [0, 0.05) is 11.5 Å². The third-order valence-corrected chi connectivity index (χ3v) is 1.80. The molecule has 0 aliphatic carbocycles. The number of nitrogens with one attached hydrogen (secondary N) is 1. The van der Waals surface area contributed by atoms with Crippen LogP contribution in [0.2, 0.25) is 0 Å². The van der Waals surface area contributed by atoms with Crippen LogP contribution >= 0.6 is 11.5 Å². The second-order valence-corrected chi connectivity index (χ2v) is 2.75. The van der Waals surface area contributed by atoms with Crippen molar-refractivity contribution in [2.75, 3.05) is 12.4 Å². The lowest BCUT2D eigenvalue weighted by molar-refractivity contribution is -0.107. The van der Waals surface area contributed by atoms with Crippen molar-refractivity contribution in [3.63, 3.8) is 0 Å². The van der Waals surface area contributed by atoms with E-state index in [-0.39, 0.29) is 6.42 Å². The van der Waals surface area contributed by atoms with Gasteiger partial charge in [0.25, 0.3) is 0 Å². The van der Waals surface area contributed by atoms with Gasteiger partial charge in [-0.2, -0.15) is 4.37 Å². The zero-order chi connectivity index (χ0) is 9.68. The first-order valence-electron chi connectivity index (χ1n) is 3.37. The molecule has 1 N–H and O–H groups in total. The number of aromatic nitrogens is 2. The molecule has 1 aromatic rings. The molecular formula is C6H7N3O3S. The van der Waals surface area contributed by atoms with Gasteiger partial charge < -0.3 is 9.53 Å². The van der Waals surface area contributed by atoms with Gasteiger partial charge in [-0.3, -0.25) is 5.32 Å². The largest absolute Gasteiger partial charge is 0.453 e. The summed E-state index contributed by atoms with van der Waals surface area (Å²) in [5.74, 6) is 0.395. The summed E-state index contributed by atoms with van der Waals surface area (Å²) in [6.45, 7) is 0. The van der Waals surface area contributed by atoms with E-state index in [9.17, 15) is 9.59 Å². The Hall–Kier alpha value is -1.50. The number of amides is 1. The van der Waals surface area contributed by atoms with E-state index in [2.05, 4.69) is 19.4 Å². The van der Waals surface area contributed by atoms with Crippen LogP contribution in [-0.4, -0.2) is 28.8 Å². The van der Waals surface area contributed by atoms with E-state index in [0.29, 0.717) is 17.2 Å². The minimum absolute atomic E-state index is 0.152. The molecule has 0 aliphatic rings. The van der Waals surface area contributed by atoms with E-state index in [1.807, 2.05) is 0 Å². The summed E-state index contributed by atoms with van der Waals surface area (Å²) in [5.41, 5.74) is 0. The van der Waals surface area contributed by atoms with E-state index in [0.717, 1.165) is 11.5 Å². The second kappa shape index (κ2) is 4.51. The first-order chi connectivity index (χ1) is 6.26. The number of aldehydes is 1. The van der Waals surface area contributed by atoms with Crippen molar-refractivity contribution >= 4 is 29.0 Å². The van der Waals surface area contributed by atoms with E-state index in [1.165, 1.54) is 7.11 Å². The number of hydrogen-bond donors (Lipinski definition) is 1. The van der Waals surface area contributed by atoms with Gasteiger partial charge >= 0.3 is 6.09 Å². The first-order valence-corrected chi connectivity index (χ1v) is 4.14. The van der Waals surface area contributed by atoms with Gasteiger partial charge in [-0.25, -0.2) is 9.78 Å². The Morgan fingerprint density at radius 2 is 2.54 bits per heavy atom. The monoisotopic (exact) mass is 201 g/mol. The molecule has 0 fully saturated rings. The standard InChI is InChI=1S/C6H7N3O3S/c1-12-6(11)8-5-7-4(2-3-10)9-13-5/h3H,2H2,1H3,(H,7,8,9,11). The smallest absolute Gasteiger partial charge is 0.413 e. The minimum Gasteiger partial charge on any atom is -0.453 e. The first kappa shape index (κ1) is 9.59. The van der Waals surface area contributed by atoms with Gasteiger partial charge in [-0.15, -0.1) is 0 Å². The summed E-state index contributed by atoms with van der Waals surface area (Å²) in [5, 5.41) is 2.66. The number of carbonyl (C=O) groups is 2. The molecule has 0 radical (unpaired) electrons. The molecule has 1 amide bonds. The molecule has 1 heterocycles. The normalized spacial score (nSPS) is 9.31. The highest BCUT2D eigenvalue weighted by Gasteiger charge is 2.06. The van der Waals surface area contributed by atoms with Crippen molar-refractivity contribution < 1.29 is 14.3 Å². The van der Waals surface area contributed by atoms with Crippen molar-refractivity contribution in [1.82, 2.24) is 9.36 Å². The summed E-state index contributed by atoms with van der Waals surface area (Å²) in [6.07, 6.45) is 0.248. The van der Waals surface area contributed by atoms with E-state index < -0.39 is 6.09 Å². The summed E-state index contributed by atoms with van der Waals surface area (Å²) < 4.78 is 8.16. The average molecular weight is 201 g/mol. The van der Waals surface area contributed by atoms with Crippen LogP contribution in [0.1, 0.15) is 5.82 Å². The maximum absolute atomic E-state index is 10.7. The quantitative estimate of drug-likeness (QED) is 0.718. The number of nitrogens with zero attached hydrogens (tertiary/aromatic N) is 2. The number of ether oxygens (including phenoxy) is 1. The average Bonchev–Trinajstić information content (AvgIpc) is 2.53. The SMILES string of the molecule is COC(=O)Nc1nc(CC=O)ns1.